The molecule has 0 aliphatic heterocycles. The summed E-state index contributed by atoms with van der Waals surface area (Å²) in [5.74, 6) is -1.59. The molecule has 8 heteroatoms. The summed E-state index contributed by atoms with van der Waals surface area (Å²) in [7, 11) is 0. The molecular weight excluding hydrogens is 448 g/mol. The lowest BCUT2D eigenvalue weighted by Gasteiger charge is -2.20. The fourth-order valence-electron chi connectivity index (χ4n) is 4.28. The van der Waals surface area contributed by atoms with Crippen LogP contribution < -0.4 is 10.6 Å². The number of aliphatic carboxylic acids is 1. The normalized spacial score (nSPS) is 12.8. The smallest absolute Gasteiger partial charge is 0.407 e. The van der Waals surface area contributed by atoms with Gasteiger partial charge in [-0.05, 0) is 39.9 Å². The van der Waals surface area contributed by atoms with Crippen molar-refractivity contribution in [2.45, 2.75) is 24.8 Å². The van der Waals surface area contributed by atoms with E-state index in [0.717, 1.165) is 22.3 Å². The number of ether oxygens (including phenoxy) is 1. The zero-order chi connectivity index (χ0) is 24.8. The third-order valence-corrected chi connectivity index (χ3v) is 5.97. The van der Waals surface area contributed by atoms with Gasteiger partial charge in [0.15, 0.2) is 0 Å². The van der Waals surface area contributed by atoms with Gasteiger partial charge in [0.2, 0.25) is 5.91 Å². The molecule has 1 aliphatic carbocycles. The van der Waals surface area contributed by atoms with Gasteiger partial charge in [-0.2, -0.15) is 0 Å². The number of nitrogens with one attached hydrogen (secondary N) is 2. The van der Waals surface area contributed by atoms with Crippen molar-refractivity contribution >= 4 is 18.0 Å². The molecule has 0 saturated carbocycles. The number of benzene rings is 3. The van der Waals surface area contributed by atoms with Gasteiger partial charge in [-0.25, -0.2) is 4.79 Å². The molecule has 4 N–H and O–H groups in total. The van der Waals surface area contributed by atoms with Gasteiger partial charge in [0.1, 0.15) is 18.4 Å². The Labute approximate surface area is 202 Å². The quantitative estimate of drug-likeness (QED) is 0.377. The van der Waals surface area contributed by atoms with Gasteiger partial charge < -0.3 is 25.6 Å². The molecule has 1 aliphatic rings. The maximum Gasteiger partial charge on any atom is 0.407 e. The molecule has 0 spiro atoms. The number of carboxylic acid groups (broad SMARTS) is 1. The summed E-state index contributed by atoms with van der Waals surface area (Å²) in [5.41, 5.74) is 5.09. The summed E-state index contributed by atoms with van der Waals surface area (Å²) in [4.78, 5) is 36.2. The number of aromatic hydroxyl groups is 1. The van der Waals surface area contributed by atoms with Crippen LogP contribution in [0, 0.1) is 0 Å². The maximum atomic E-state index is 12.7. The molecule has 35 heavy (non-hydrogen) atoms. The number of alkyl carbamates (subject to hydrolysis) is 1. The van der Waals surface area contributed by atoms with Crippen molar-refractivity contribution in [1.82, 2.24) is 10.6 Å². The van der Waals surface area contributed by atoms with Gasteiger partial charge in [0.05, 0.1) is 6.42 Å². The molecule has 1 atom stereocenters. The average molecular weight is 475 g/mol. The zero-order valence-corrected chi connectivity index (χ0v) is 18.9. The highest BCUT2D eigenvalue weighted by atomic mass is 16.5. The largest absolute Gasteiger partial charge is 0.508 e. The number of fused-ring (bicyclic) bond motifs is 3. The number of phenols is 1. The summed E-state index contributed by atoms with van der Waals surface area (Å²) < 4.78 is 5.56. The molecule has 0 bridgehead atoms. The first-order chi connectivity index (χ1) is 16.9. The molecule has 8 nitrogen and oxygen atoms in total. The van der Waals surface area contributed by atoms with Gasteiger partial charge in [0.25, 0.3) is 0 Å². The second-order valence-electron chi connectivity index (χ2n) is 8.33. The molecule has 1 unspecified atom stereocenters. The Morgan fingerprint density at radius 1 is 0.886 bits per heavy atom. The number of amides is 2. The molecule has 180 valence electrons. The van der Waals surface area contributed by atoms with Crippen LogP contribution in [0.3, 0.4) is 0 Å². The second kappa shape index (κ2) is 10.7. The van der Waals surface area contributed by atoms with E-state index in [1.807, 2.05) is 48.5 Å². The van der Waals surface area contributed by atoms with Crippen LogP contribution >= 0.6 is 0 Å². The first-order valence-electron chi connectivity index (χ1n) is 11.3. The van der Waals surface area contributed by atoms with Crippen molar-refractivity contribution in [2.24, 2.45) is 0 Å². The average Bonchev–Trinajstić information content (AvgIpc) is 3.17. The highest BCUT2D eigenvalue weighted by Gasteiger charge is 2.30. The molecule has 0 heterocycles. The minimum atomic E-state index is -1.04. The van der Waals surface area contributed by atoms with Crippen LogP contribution in [0.5, 0.6) is 5.75 Å². The molecule has 3 aromatic rings. The van der Waals surface area contributed by atoms with Crippen LogP contribution in [-0.2, 0) is 20.7 Å². The van der Waals surface area contributed by atoms with Gasteiger partial charge >= 0.3 is 12.1 Å². The van der Waals surface area contributed by atoms with E-state index in [2.05, 4.69) is 10.6 Å². The van der Waals surface area contributed by atoms with Crippen molar-refractivity contribution in [2.75, 3.05) is 13.2 Å². The number of carbonyl (C=O) groups is 3. The Balaban J connectivity index is 1.43. The van der Waals surface area contributed by atoms with Gasteiger partial charge in [-0.15, -0.1) is 0 Å². The summed E-state index contributed by atoms with van der Waals surface area (Å²) in [5, 5.41) is 23.5. The summed E-state index contributed by atoms with van der Waals surface area (Å²) in [6.07, 6.45) is -0.838. The van der Waals surface area contributed by atoms with Crippen molar-refractivity contribution in [3.05, 3.63) is 89.5 Å². The lowest BCUT2D eigenvalue weighted by atomic mass is 9.98. The minimum absolute atomic E-state index is 0.0629. The van der Waals surface area contributed by atoms with Gasteiger partial charge in [-0.1, -0.05) is 60.7 Å². The predicted molar refractivity (Wildman–Crippen MR) is 129 cm³/mol. The van der Waals surface area contributed by atoms with E-state index < -0.39 is 24.0 Å². The molecule has 0 radical (unpaired) electrons. The number of hydrogen-bond donors (Lipinski definition) is 4. The SMILES string of the molecule is O=C(O)CCNC(=O)C(Cc1ccc(O)cc1)NC(=O)OCC1c2ccccc2-c2ccccc21. The van der Waals surface area contributed by atoms with Crippen molar-refractivity contribution in [3.63, 3.8) is 0 Å². The summed E-state index contributed by atoms with van der Waals surface area (Å²) in [6, 6.07) is 21.3. The van der Waals surface area contributed by atoms with E-state index in [1.165, 1.54) is 12.1 Å². The van der Waals surface area contributed by atoms with Crippen molar-refractivity contribution in [3.8, 4) is 16.9 Å². The first-order valence-corrected chi connectivity index (χ1v) is 11.3. The molecule has 3 aromatic carbocycles. The number of hydrogen-bond acceptors (Lipinski definition) is 5. The predicted octanol–water partition coefficient (Wildman–Crippen LogP) is 3.43. The lowest BCUT2D eigenvalue weighted by Crippen LogP contribution is -2.48. The van der Waals surface area contributed by atoms with Crippen molar-refractivity contribution < 1.29 is 29.3 Å². The summed E-state index contributed by atoms with van der Waals surface area (Å²) in [6.45, 7) is 0.0407. The Morgan fingerprint density at radius 3 is 2.09 bits per heavy atom. The van der Waals surface area contributed by atoms with E-state index in [9.17, 15) is 19.5 Å². The number of carbonyl (C=O) groups excluding carboxylic acids is 2. The Morgan fingerprint density at radius 2 is 1.49 bits per heavy atom. The van der Waals surface area contributed by atoms with Gasteiger partial charge in [-0.3, -0.25) is 9.59 Å². The fraction of sp³-hybridized carbons (Fsp3) is 0.222. The lowest BCUT2D eigenvalue weighted by molar-refractivity contribution is -0.137. The van der Waals surface area contributed by atoms with E-state index in [4.69, 9.17) is 9.84 Å². The number of carboxylic acids is 1. The molecular formula is C27H26N2O6. The number of phenolic OH excluding ortho intramolecular Hbond substituents is 1. The van der Waals surface area contributed by atoms with Crippen LogP contribution in [0.4, 0.5) is 4.79 Å². The van der Waals surface area contributed by atoms with Crippen LogP contribution in [0.15, 0.2) is 72.8 Å². The highest BCUT2D eigenvalue weighted by molar-refractivity contribution is 5.86. The zero-order valence-electron chi connectivity index (χ0n) is 18.9. The Bertz CT molecular complexity index is 1180. The molecule has 4 rings (SSSR count). The molecule has 0 saturated heterocycles. The Kier molecular flexibility index (Phi) is 7.30. The summed E-state index contributed by atoms with van der Waals surface area (Å²) >= 11 is 0. The van der Waals surface area contributed by atoms with Crippen molar-refractivity contribution in [1.29, 1.82) is 0 Å². The molecule has 2 amide bonds. The minimum Gasteiger partial charge on any atom is -0.508 e. The first kappa shape index (κ1) is 23.8. The van der Waals surface area contributed by atoms with Crippen LogP contribution in [0.2, 0.25) is 0 Å². The standard InChI is InChI=1S/C27H26N2O6/c30-18-11-9-17(10-12-18)15-24(26(33)28-14-13-25(31)32)29-27(34)35-16-23-21-7-3-1-5-19(21)20-6-2-4-8-22(20)23/h1-12,23-24,30H,13-16H2,(H,28,33)(H,29,34)(H,31,32). The van der Waals surface area contributed by atoms with Gasteiger partial charge in [0, 0.05) is 18.9 Å². The van der Waals surface area contributed by atoms with Crippen LogP contribution in [-0.4, -0.2) is 47.4 Å². The second-order valence-corrected chi connectivity index (χ2v) is 8.33. The third-order valence-electron chi connectivity index (χ3n) is 5.97. The topological polar surface area (TPSA) is 125 Å². The Hall–Kier alpha value is -4.33. The monoisotopic (exact) mass is 474 g/mol. The van der Waals surface area contributed by atoms with E-state index in [-0.39, 0.29) is 37.7 Å². The van der Waals surface area contributed by atoms with E-state index in [1.54, 1.807) is 12.1 Å². The van der Waals surface area contributed by atoms with E-state index in [0.29, 0.717) is 5.56 Å². The van der Waals surface area contributed by atoms with Crippen LogP contribution in [0.25, 0.3) is 11.1 Å². The molecule has 0 aromatic heterocycles. The van der Waals surface area contributed by atoms with Crippen LogP contribution in [0.1, 0.15) is 29.0 Å². The molecule has 0 fully saturated rings. The third kappa shape index (κ3) is 5.78. The fourth-order valence-corrected chi connectivity index (χ4v) is 4.28. The van der Waals surface area contributed by atoms with E-state index >= 15 is 0 Å². The number of rotatable bonds is 9. The maximum absolute atomic E-state index is 12.7. The highest BCUT2D eigenvalue weighted by Crippen LogP contribution is 2.44.